The van der Waals surface area contributed by atoms with E-state index in [1.54, 1.807) is 6.07 Å². The molecular weight excluding hydrogens is 334 g/mol. The molecule has 1 atom stereocenters. The number of nitrogens with one attached hydrogen (secondary N) is 2. The molecule has 2 amide bonds. The lowest BCUT2D eigenvalue weighted by molar-refractivity contribution is -0.133. The van der Waals surface area contributed by atoms with Crippen molar-refractivity contribution in [1.82, 2.24) is 10.9 Å². The third-order valence-corrected chi connectivity index (χ3v) is 3.02. The first-order valence-corrected chi connectivity index (χ1v) is 7.34. The van der Waals surface area contributed by atoms with Crippen molar-refractivity contribution in [1.29, 1.82) is 0 Å². The van der Waals surface area contributed by atoms with Crippen molar-refractivity contribution < 1.29 is 27.8 Å². The van der Waals surface area contributed by atoms with E-state index >= 15 is 0 Å². The molecule has 2 aromatic carbocycles. The normalized spacial score (nSPS) is 11.3. The highest BCUT2D eigenvalue weighted by molar-refractivity contribution is 5.85. The summed E-state index contributed by atoms with van der Waals surface area (Å²) in [6.45, 7) is 1.03. The average molecular weight is 350 g/mol. The van der Waals surface area contributed by atoms with Gasteiger partial charge in [-0.3, -0.25) is 20.4 Å². The van der Waals surface area contributed by atoms with Gasteiger partial charge in [0.15, 0.2) is 24.3 Å². The van der Waals surface area contributed by atoms with Crippen molar-refractivity contribution >= 4 is 11.8 Å². The summed E-state index contributed by atoms with van der Waals surface area (Å²) in [5, 5.41) is 0. The Hall–Kier alpha value is -3.16. The lowest BCUT2D eigenvalue weighted by Gasteiger charge is -2.15. The van der Waals surface area contributed by atoms with Gasteiger partial charge < -0.3 is 9.47 Å². The second-order valence-electron chi connectivity index (χ2n) is 4.97. The van der Waals surface area contributed by atoms with E-state index in [4.69, 9.17) is 9.47 Å². The van der Waals surface area contributed by atoms with E-state index in [9.17, 15) is 18.4 Å². The van der Waals surface area contributed by atoms with Crippen molar-refractivity contribution in [3.63, 3.8) is 0 Å². The van der Waals surface area contributed by atoms with Crippen LogP contribution in [0.25, 0.3) is 0 Å². The molecule has 0 aliphatic carbocycles. The number of rotatable bonds is 6. The number of benzene rings is 2. The summed E-state index contributed by atoms with van der Waals surface area (Å²) < 4.78 is 36.5. The Labute approximate surface area is 142 Å². The monoisotopic (exact) mass is 350 g/mol. The zero-order chi connectivity index (χ0) is 18.2. The van der Waals surface area contributed by atoms with Crippen LogP contribution in [0.4, 0.5) is 8.78 Å². The predicted molar refractivity (Wildman–Crippen MR) is 84.7 cm³/mol. The molecule has 6 nitrogen and oxygen atoms in total. The van der Waals surface area contributed by atoms with Crippen molar-refractivity contribution in [3.8, 4) is 11.5 Å². The third-order valence-electron chi connectivity index (χ3n) is 3.02. The molecule has 0 unspecified atom stereocenters. The fourth-order valence-corrected chi connectivity index (χ4v) is 1.73. The minimum atomic E-state index is -1.03. The molecule has 0 saturated heterocycles. The summed E-state index contributed by atoms with van der Waals surface area (Å²) in [6.07, 6.45) is -1.03. The summed E-state index contributed by atoms with van der Waals surface area (Å²) in [6, 6.07) is 10.8. The van der Waals surface area contributed by atoms with Crippen LogP contribution in [0.15, 0.2) is 48.5 Å². The van der Waals surface area contributed by atoms with Crippen LogP contribution in [0.1, 0.15) is 6.92 Å². The van der Waals surface area contributed by atoms with E-state index < -0.39 is 29.6 Å². The van der Waals surface area contributed by atoms with Gasteiger partial charge in [0.05, 0.1) is 0 Å². The number of para-hydroxylation sites is 1. The van der Waals surface area contributed by atoms with Crippen LogP contribution in [0.3, 0.4) is 0 Å². The number of hydrazine groups is 1. The van der Waals surface area contributed by atoms with Crippen LogP contribution in [-0.2, 0) is 9.59 Å². The highest BCUT2D eigenvalue weighted by atomic mass is 19.1. The first-order chi connectivity index (χ1) is 12.0. The molecular formula is C17H16F2N2O4. The largest absolute Gasteiger partial charge is 0.484 e. The molecule has 0 aliphatic heterocycles. The second-order valence-corrected chi connectivity index (χ2v) is 4.97. The Morgan fingerprint density at radius 2 is 1.72 bits per heavy atom. The van der Waals surface area contributed by atoms with Gasteiger partial charge in [0, 0.05) is 0 Å². The van der Waals surface area contributed by atoms with Gasteiger partial charge in [-0.15, -0.1) is 0 Å². The average Bonchev–Trinajstić information content (AvgIpc) is 2.61. The number of hydrogen-bond donors (Lipinski definition) is 2. The quantitative estimate of drug-likeness (QED) is 0.781. The van der Waals surface area contributed by atoms with Crippen LogP contribution in [0, 0.1) is 11.6 Å². The summed E-state index contributed by atoms with van der Waals surface area (Å²) in [5.74, 6) is -2.09. The smallest absolute Gasteiger partial charge is 0.279 e. The molecule has 0 aliphatic rings. The summed E-state index contributed by atoms with van der Waals surface area (Å²) >= 11 is 0. The second kappa shape index (κ2) is 8.62. The number of carbonyl (C=O) groups is 2. The Balaban J connectivity index is 1.74. The maximum atomic E-state index is 13.4. The zero-order valence-corrected chi connectivity index (χ0v) is 13.3. The molecule has 0 bridgehead atoms. The molecule has 0 fully saturated rings. The summed E-state index contributed by atoms with van der Waals surface area (Å²) in [4.78, 5) is 23.4. The fourth-order valence-electron chi connectivity index (χ4n) is 1.73. The molecule has 2 aromatic rings. The molecule has 2 N–H and O–H groups in total. The van der Waals surface area contributed by atoms with Crippen LogP contribution in [0.5, 0.6) is 11.5 Å². The first kappa shape index (κ1) is 18.2. The number of halogens is 2. The Bertz CT molecular complexity index is 738. The van der Waals surface area contributed by atoms with Gasteiger partial charge >= 0.3 is 0 Å². The van der Waals surface area contributed by atoms with Crippen molar-refractivity contribution in [2.24, 2.45) is 0 Å². The van der Waals surface area contributed by atoms with Gasteiger partial charge in [-0.25, -0.2) is 8.78 Å². The SMILES string of the molecule is C[C@H](Oc1ccccc1F)C(=O)NNC(=O)COc1ccc(F)cc1. The predicted octanol–water partition coefficient (Wildman–Crippen LogP) is 1.96. The molecule has 0 spiro atoms. The van der Waals surface area contributed by atoms with Crippen LogP contribution < -0.4 is 20.3 Å². The van der Waals surface area contributed by atoms with Crippen LogP contribution in [0.2, 0.25) is 0 Å². The van der Waals surface area contributed by atoms with E-state index in [2.05, 4.69) is 10.9 Å². The number of ether oxygens (including phenoxy) is 2. The molecule has 0 aromatic heterocycles. The van der Waals surface area contributed by atoms with E-state index in [-0.39, 0.29) is 12.4 Å². The van der Waals surface area contributed by atoms with E-state index in [0.717, 1.165) is 0 Å². The highest BCUT2D eigenvalue weighted by Crippen LogP contribution is 2.16. The number of carbonyl (C=O) groups excluding carboxylic acids is 2. The summed E-state index contributed by atoms with van der Waals surface area (Å²) in [5.41, 5.74) is 4.28. The number of amides is 2. The van der Waals surface area contributed by atoms with Gasteiger partial charge in [0.25, 0.3) is 11.8 Å². The minimum Gasteiger partial charge on any atom is -0.484 e. The molecule has 0 saturated carbocycles. The van der Waals surface area contributed by atoms with Gasteiger partial charge in [-0.2, -0.15) is 0 Å². The molecule has 2 rings (SSSR count). The maximum absolute atomic E-state index is 13.4. The van der Waals surface area contributed by atoms with E-state index in [1.165, 1.54) is 49.4 Å². The van der Waals surface area contributed by atoms with Crippen LogP contribution in [-0.4, -0.2) is 24.5 Å². The topological polar surface area (TPSA) is 76.7 Å². The van der Waals surface area contributed by atoms with Gasteiger partial charge in [-0.05, 0) is 43.3 Å². The lowest BCUT2D eigenvalue weighted by atomic mass is 10.3. The maximum Gasteiger partial charge on any atom is 0.279 e. The van der Waals surface area contributed by atoms with Crippen LogP contribution >= 0.6 is 0 Å². The van der Waals surface area contributed by atoms with Gasteiger partial charge in [0.1, 0.15) is 11.6 Å². The molecule has 8 heteroatoms. The minimum absolute atomic E-state index is 0.0730. The lowest BCUT2D eigenvalue weighted by Crippen LogP contribution is -2.48. The van der Waals surface area contributed by atoms with Crippen molar-refractivity contribution in [2.75, 3.05) is 6.61 Å². The molecule has 132 valence electrons. The highest BCUT2D eigenvalue weighted by Gasteiger charge is 2.17. The fraction of sp³-hybridized carbons (Fsp3) is 0.176. The van der Waals surface area contributed by atoms with Crippen molar-refractivity contribution in [3.05, 3.63) is 60.2 Å². The third kappa shape index (κ3) is 5.76. The standard InChI is InChI=1S/C17H16F2N2O4/c1-11(25-15-5-3-2-4-14(15)19)17(23)21-20-16(22)10-24-13-8-6-12(18)7-9-13/h2-9,11H,10H2,1H3,(H,20,22)(H,21,23)/t11-/m0/s1. The zero-order valence-electron chi connectivity index (χ0n) is 13.3. The van der Waals surface area contributed by atoms with Gasteiger partial charge in [0.2, 0.25) is 0 Å². The van der Waals surface area contributed by atoms with E-state index in [1.807, 2.05) is 0 Å². The Kier molecular flexibility index (Phi) is 6.27. The molecule has 0 heterocycles. The molecule has 0 radical (unpaired) electrons. The summed E-state index contributed by atoms with van der Waals surface area (Å²) in [7, 11) is 0. The number of hydrogen-bond acceptors (Lipinski definition) is 4. The molecule has 25 heavy (non-hydrogen) atoms. The van der Waals surface area contributed by atoms with Crippen molar-refractivity contribution in [2.45, 2.75) is 13.0 Å². The first-order valence-electron chi connectivity index (χ1n) is 7.34. The Morgan fingerprint density at radius 3 is 2.40 bits per heavy atom. The van der Waals surface area contributed by atoms with E-state index in [0.29, 0.717) is 5.75 Å². The Morgan fingerprint density at radius 1 is 1.04 bits per heavy atom. The van der Waals surface area contributed by atoms with Gasteiger partial charge in [-0.1, -0.05) is 12.1 Å².